The van der Waals surface area contributed by atoms with Gasteiger partial charge in [0.05, 0.1) is 5.02 Å². The molecule has 30 heavy (non-hydrogen) atoms. The Labute approximate surface area is 175 Å². The molecule has 0 saturated heterocycles. The van der Waals surface area contributed by atoms with Crippen LogP contribution in [0.5, 0.6) is 17.2 Å². The van der Waals surface area contributed by atoms with Gasteiger partial charge < -0.3 is 19.6 Å². The summed E-state index contributed by atoms with van der Waals surface area (Å²) in [6.07, 6.45) is -2.01. The van der Waals surface area contributed by atoms with E-state index in [1.807, 2.05) is 13.1 Å². The molecule has 0 fully saturated rings. The summed E-state index contributed by atoms with van der Waals surface area (Å²) >= 11 is 6.05. The van der Waals surface area contributed by atoms with E-state index in [1.54, 1.807) is 18.2 Å². The van der Waals surface area contributed by atoms with E-state index in [0.29, 0.717) is 6.07 Å². The molecule has 3 aromatic rings. The second kappa shape index (κ2) is 8.47. The number of aliphatic carboxylic acids is 1. The van der Waals surface area contributed by atoms with Crippen LogP contribution in [0, 0.1) is 0 Å². The molecule has 2 aromatic carbocycles. The van der Waals surface area contributed by atoms with Crippen LogP contribution in [0.25, 0.3) is 10.9 Å². The number of hydrogen-bond acceptors (Lipinski definition) is 3. The predicted octanol–water partition coefficient (Wildman–Crippen LogP) is 6.61. The maximum absolute atomic E-state index is 13.6. The minimum atomic E-state index is -4.79. The molecule has 1 atom stereocenters. The zero-order chi connectivity index (χ0) is 22.1. The second-order valence-corrected chi connectivity index (χ2v) is 7.23. The van der Waals surface area contributed by atoms with Gasteiger partial charge in [-0.25, -0.2) is 4.79 Å². The number of alkyl halides is 3. The molecular weight excluding hydrogens is 423 g/mol. The lowest BCUT2D eigenvalue weighted by Gasteiger charge is -2.17. The number of hydrogen-bond donors (Lipinski definition) is 2. The molecule has 3 rings (SSSR count). The van der Waals surface area contributed by atoms with Gasteiger partial charge in [-0.2, -0.15) is 13.2 Å². The Morgan fingerprint density at radius 1 is 1.23 bits per heavy atom. The Morgan fingerprint density at radius 2 is 1.97 bits per heavy atom. The normalized spacial score (nSPS) is 12.7. The molecule has 0 bridgehead atoms. The van der Waals surface area contributed by atoms with Crippen molar-refractivity contribution in [1.82, 2.24) is 4.98 Å². The molecule has 0 aliphatic carbocycles. The lowest BCUT2D eigenvalue weighted by Crippen LogP contribution is -2.12. The number of rotatable bonds is 7. The molecule has 0 aliphatic heterocycles. The lowest BCUT2D eigenvalue weighted by atomic mass is 9.98. The number of carboxylic acid groups (broad SMARTS) is 1. The van der Waals surface area contributed by atoms with E-state index in [4.69, 9.17) is 26.2 Å². The number of carbonyl (C=O) groups is 1. The topological polar surface area (TPSA) is 71.5 Å². The third-order valence-corrected chi connectivity index (χ3v) is 5.01. The first-order valence-electron chi connectivity index (χ1n) is 9.14. The van der Waals surface area contributed by atoms with E-state index in [0.717, 1.165) is 29.0 Å². The molecule has 1 aromatic heterocycles. The molecule has 0 spiro atoms. The number of nitrogens with one attached hydrogen (secondary N) is 1. The van der Waals surface area contributed by atoms with Gasteiger partial charge in [-0.3, -0.25) is 0 Å². The van der Waals surface area contributed by atoms with Crippen molar-refractivity contribution in [3.05, 3.63) is 52.7 Å². The van der Waals surface area contributed by atoms with E-state index < -0.39 is 30.1 Å². The number of aromatic nitrogens is 1. The number of carboxylic acids is 1. The predicted molar refractivity (Wildman–Crippen MR) is 107 cm³/mol. The zero-order valence-electron chi connectivity index (χ0n) is 16.1. The Balaban J connectivity index is 2.02. The molecule has 0 saturated carbocycles. The second-order valence-electron chi connectivity index (χ2n) is 6.82. The highest BCUT2D eigenvalue weighted by Gasteiger charge is 2.37. The van der Waals surface area contributed by atoms with Crippen molar-refractivity contribution in [1.29, 1.82) is 0 Å². The monoisotopic (exact) mass is 441 g/mol. The fourth-order valence-electron chi connectivity index (χ4n) is 3.04. The van der Waals surface area contributed by atoms with E-state index in [1.165, 1.54) is 0 Å². The molecule has 9 heteroatoms. The summed E-state index contributed by atoms with van der Waals surface area (Å²) in [5.41, 5.74) is 0.724. The molecule has 2 N–H and O–H groups in total. The largest absolute Gasteiger partial charge is 0.482 e. The smallest absolute Gasteiger partial charge is 0.420 e. The minimum absolute atomic E-state index is 0.193. The van der Waals surface area contributed by atoms with Crippen molar-refractivity contribution in [2.75, 3.05) is 6.61 Å². The van der Waals surface area contributed by atoms with E-state index in [2.05, 4.69) is 11.9 Å². The van der Waals surface area contributed by atoms with Gasteiger partial charge in [-0.15, -0.1) is 0 Å². The van der Waals surface area contributed by atoms with Gasteiger partial charge in [0, 0.05) is 23.2 Å². The first-order valence-corrected chi connectivity index (χ1v) is 9.52. The summed E-state index contributed by atoms with van der Waals surface area (Å²) in [6, 6.07) is 6.70. The summed E-state index contributed by atoms with van der Waals surface area (Å²) in [4.78, 5) is 13.8. The van der Waals surface area contributed by atoms with Gasteiger partial charge >= 0.3 is 12.1 Å². The van der Waals surface area contributed by atoms with Crippen LogP contribution < -0.4 is 9.47 Å². The molecule has 0 radical (unpaired) electrons. The standard InChI is InChI=1S/C21H19ClF3NO4/c1-3-11(2)15-9-26-18-5-4-12(6-14(15)18)30-20-16(21(23,24)25)7-13(8-17(20)22)29-10-19(27)28/h4-9,11,26H,3,10H2,1-2H3,(H,27,28). The molecule has 0 amide bonds. The van der Waals surface area contributed by atoms with Gasteiger partial charge in [-0.1, -0.05) is 25.4 Å². The van der Waals surface area contributed by atoms with Crippen molar-refractivity contribution in [3.8, 4) is 17.2 Å². The first kappa shape index (κ1) is 21.8. The third kappa shape index (κ3) is 4.64. The van der Waals surface area contributed by atoms with Crippen molar-refractivity contribution in [2.45, 2.75) is 32.4 Å². The van der Waals surface area contributed by atoms with Crippen molar-refractivity contribution in [2.24, 2.45) is 0 Å². The summed E-state index contributed by atoms with van der Waals surface area (Å²) < 4.78 is 51.2. The van der Waals surface area contributed by atoms with Crippen LogP contribution in [-0.2, 0) is 11.0 Å². The van der Waals surface area contributed by atoms with Crippen LogP contribution in [-0.4, -0.2) is 22.7 Å². The Bertz CT molecular complexity index is 1080. The van der Waals surface area contributed by atoms with Crippen molar-refractivity contribution < 1.29 is 32.5 Å². The molecule has 0 aliphatic rings. The van der Waals surface area contributed by atoms with Gasteiger partial charge in [0.2, 0.25) is 0 Å². The van der Waals surface area contributed by atoms with Crippen LogP contribution in [0.4, 0.5) is 13.2 Å². The van der Waals surface area contributed by atoms with Gasteiger partial charge in [0.25, 0.3) is 0 Å². The molecule has 160 valence electrons. The summed E-state index contributed by atoms with van der Waals surface area (Å²) in [7, 11) is 0. The maximum atomic E-state index is 13.6. The number of halogens is 4. The van der Waals surface area contributed by atoms with Gasteiger partial charge in [-0.05, 0) is 42.2 Å². The third-order valence-electron chi connectivity index (χ3n) is 4.73. The van der Waals surface area contributed by atoms with E-state index >= 15 is 0 Å². The fourth-order valence-corrected chi connectivity index (χ4v) is 3.29. The van der Waals surface area contributed by atoms with Crippen LogP contribution in [0.2, 0.25) is 5.02 Å². The van der Waals surface area contributed by atoms with E-state index in [9.17, 15) is 18.0 Å². The van der Waals surface area contributed by atoms with Crippen molar-refractivity contribution in [3.63, 3.8) is 0 Å². The van der Waals surface area contributed by atoms with Gasteiger partial charge in [0.15, 0.2) is 12.4 Å². The van der Waals surface area contributed by atoms with Crippen LogP contribution in [0.1, 0.15) is 37.3 Å². The van der Waals surface area contributed by atoms with Crippen LogP contribution in [0.15, 0.2) is 36.5 Å². The molecule has 5 nitrogen and oxygen atoms in total. The fraction of sp³-hybridized carbons (Fsp3) is 0.286. The number of benzene rings is 2. The van der Waals surface area contributed by atoms with Crippen molar-refractivity contribution >= 4 is 28.5 Å². The highest BCUT2D eigenvalue weighted by atomic mass is 35.5. The Morgan fingerprint density at radius 3 is 2.60 bits per heavy atom. The average Bonchev–Trinajstić information content (AvgIpc) is 3.09. The van der Waals surface area contributed by atoms with Crippen LogP contribution in [0.3, 0.4) is 0 Å². The summed E-state index contributed by atoms with van der Waals surface area (Å²) in [5, 5.41) is 9.17. The highest BCUT2D eigenvalue weighted by Crippen LogP contribution is 2.45. The minimum Gasteiger partial charge on any atom is -0.482 e. The maximum Gasteiger partial charge on any atom is 0.420 e. The highest BCUT2D eigenvalue weighted by molar-refractivity contribution is 6.32. The molecular formula is C21H19ClF3NO4. The SMILES string of the molecule is CCC(C)c1c[nH]c2ccc(Oc3c(Cl)cc(OCC(=O)O)cc3C(F)(F)F)cc12. The lowest BCUT2D eigenvalue weighted by molar-refractivity contribution is -0.139. The number of H-pyrrole nitrogens is 1. The Hall–Kier alpha value is -2.87. The molecule has 1 heterocycles. The molecule has 1 unspecified atom stereocenters. The Kier molecular flexibility index (Phi) is 6.17. The average molecular weight is 442 g/mol. The number of aromatic amines is 1. The zero-order valence-corrected chi connectivity index (χ0v) is 16.9. The summed E-state index contributed by atoms with van der Waals surface area (Å²) in [6.45, 7) is 3.31. The summed E-state index contributed by atoms with van der Waals surface area (Å²) in [5.74, 6) is -1.77. The van der Waals surface area contributed by atoms with E-state index in [-0.39, 0.29) is 22.4 Å². The van der Waals surface area contributed by atoms with Gasteiger partial charge in [0.1, 0.15) is 17.1 Å². The quantitative estimate of drug-likeness (QED) is 0.432. The first-order chi connectivity index (χ1) is 14.1. The number of ether oxygens (including phenoxy) is 2. The number of fused-ring (bicyclic) bond motifs is 1. The van der Waals surface area contributed by atoms with Crippen LogP contribution >= 0.6 is 11.6 Å².